The highest BCUT2D eigenvalue weighted by Gasteiger charge is 2.12. The summed E-state index contributed by atoms with van der Waals surface area (Å²) < 4.78 is 0. The second-order valence-electron chi connectivity index (χ2n) is 5.27. The van der Waals surface area contributed by atoms with Gasteiger partial charge in [0.25, 0.3) is 0 Å². The number of hydrogen-bond acceptors (Lipinski definition) is 1. The molecular formula is C15H17NO. The number of rotatable bonds is 1. The molecule has 1 aromatic carbocycles. The highest BCUT2D eigenvalue weighted by atomic mass is 16.1. The van der Waals surface area contributed by atoms with Gasteiger partial charge in [0.1, 0.15) is 0 Å². The van der Waals surface area contributed by atoms with Gasteiger partial charge in [-0.05, 0) is 16.5 Å². The fourth-order valence-corrected chi connectivity index (χ4v) is 1.76. The van der Waals surface area contributed by atoms with E-state index in [2.05, 4.69) is 37.9 Å². The van der Waals surface area contributed by atoms with Crippen molar-refractivity contribution in [2.24, 2.45) is 0 Å². The fraction of sp³-hybridized carbons (Fsp3) is 0.267. The van der Waals surface area contributed by atoms with Gasteiger partial charge in [0.15, 0.2) is 5.43 Å². The van der Waals surface area contributed by atoms with E-state index in [0.717, 1.165) is 11.3 Å². The summed E-state index contributed by atoms with van der Waals surface area (Å²) in [6.07, 6.45) is 1.68. The van der Waals surface area contributed by atoms with Crippen LogP contribution in [0.1, 0.15) is 26.3 Å². The summed E-state index contributed by atoms with van der Waals surface area (Å²) in [7, 11) is 0. The molecule has 0 aliphatic carbocycles. The van der Waals surface area contributed by atoms with E-state index in [-0.39, 0.29) is 10.8 Å². The Balaban J connectivity index is 2.39. The van der Waals surface area contributed by atoms with Crippen LogP contribution in [0.25, 0.3) is 11.3 Å². The van der Waals surface area contributed by atoms with E-state index >= 15 is 0 Å². The minimum atomic E-state index is 0.0265. The van der Waals surface area contributed by atoms with Crippen molar-refractivity contribution in [3.8, 4) is 11.3 Å². The first-order chi connectivity index (χ1) is 7.97. The Morgan fingerprint density at radius 1 is 1.00 bits per heavy atom. The molecule has 0 saturated carbocycles. The van der Waals surface area contributed by atoms with E-state index in [1.165, 1.54) is 11.6 Å². The molecule has 1 heterocycles. The van der Waals surface area contributed by atoms with E-state index < -0.39 is 0 Å². The lowest BCUT2D eigenvalue weighted by atomic mass is 9.86. The summed E-state index contributed by atoms with van der Waals surface area (Å²) in [6, 6.07) is 11.5. The molecule has 0 radical (unpaired) electrons. The Hall–Kier alpha value is -1.83. The average molecular weight is 227 g/mol. The Morgan fingerprint density at radius 3 is 2.18 bits per heavy atom. The first kappa shape index (κ1) is 11.6. The van der Waals surface area contributed by atoms with E-state index in [1.54, 1.807) is 12.3 Å². The molecule has 2 nitrogen and oxygen atoms in total. The molecule has 0 fully saturated rings. The van der Waals surface area contributed by atoms with Crippen LogP contribution in [-0.2, 0) is 5.41 Å². The standard InChI is InChI=1S/C15H17NO/c1-15(2,3)12-6-4-11(5-7-12)14-10-13(17)8-9-16-14/h4-10H,1-3H3,(H,16,17). The molecule has 0 amide bonds. The van der Waals surface area contributed by atoms with Crippen molar-refractivity contribution in [2.45, 2.75) is 26.2 Å². The van der Waals surface area contributed by atoms with Crippen LogP contribution >= 0.6 is 0 Å². The fourth-order valence-electron chi connectivity index (χ4n) is 1.76. The molecular weight excluding hydrogens is 210 g/mol. The second kappa shape index (κ2) is 4.21. The van der Waals surface area contributed by atoms with Gasteiger partial charge in [-0.25, -0.2) is 0 Å². The summed E-state index contributed by atoms with van der Waals surface area (Å²) in [5.74, 6) is 0. The Labute approximate surface area is 101 Å². The van der Waals surface area contributed by atoms with Gasteiger partial charge in [0, 0.05) is 24.0 Å². The molecule has 2 heteroatoms. The number of aromatic nitrogens is 1. The third-order valence-electron chi connectivity index (χ3n) is 2.83. The van der Waals surface area contributed by atoms with E-state index in [4.69, 9.17) is 0 Å². The van der Waals surface area contributed by atoms with Gasteiger partial charge < -0.3 is 4.98 Å². The van der Waals surface area contributed by atoms with Crippen LogP contribution in [0.15, 0.2) is 47.4 Å². The minimum absolute atomic E-state index is 0.0265. The third-order valence-corrected chi connectivity index (χ3v) is 2.83. The summed E-state index contributed by atoms with van der Waals surface area (Å²) in [4.78, 5) is 14.4. The van der Waals surface area contributed by atoms with Crippen molar-refractivity contribution in [1.82, 2.24) is 4.98 Å². The highest BCUT2D eigenvalue weighted by Crippen LogP contribution is 2.24. The first-order valence-corrected chi connectivity index (χ1v) is 5.76. The topological polar surface area (TPSA) is 32.9 Å². The maximum absolute atomic E-state index is 11.3. The lowest BCUT2D eigenvalue weighted by molar-refractivity contribution is 0.590. The Morgan fingerprint density at radius 2 is 1.65 bits per heavy atom. The van der Waals surface area contributed by atoms with Gasteiger partial charge in [-0.2, -0.15) is 0 Å². The zero-order valence-electron chi connectivity index (χ0n) is 10.4. The zero-order chi connectivity index (χ0) is 12.5. The predicted octanol–water partition coefficient (Wildman–Crippen LogP) is 3.34. The molecule has 17 heavy (non-hydrogen) atoms. The summed E-state index contributed by atoms with van der Waals surface area (Å²) >= 11 is 0. The lowest BCUT2D eigenvalue weighted by Crippen LogP contribution is -2.10. The maximum atomic E-state index is 11.3. The van der Waals surface area contributed by atoms with Crippen LogP contribution in [0, 0.1) is 0 Å². The summed E-state index contributed by atoms with van der Waals surface area (Å²) in [5, 5.41) is 0. The largest absolute Gasteiger partial charge is 0.361 e. The van der Waals surface area contributed by atoms with Crippen LogP contribution in [0.3, 0.4) is 0 Å². The molecule has 2 aromatic rings. The normalized spacial score (nSPS) is 11.5. The molecule has 0 unspecified atom stereocenters. The second-order valence-corrected chi connectivity index (χ2v) is 5.27. The van der Waals surface area contributed by atoms with Crippen molar-refractivity contribution in [3.63, 3.8) is 0 Å². The van der Waals surface area contributed by atoms with Gasteiger partial charge in [-0.15, -0.1) is 0 Å². The molecule has 88 valence electrons. The molecule has 0 bridgehead atoms. The first-order valence-electron chi connectivity index (χ1n) is 5.76. The van der Waals surface area contributed by atoms with Gasteiger partial charge in [0.05, 0.1) is 0 Å². The van der Waals surface area contributed by atoms with Crippen molar-refractivity contribution in [2.75, 3.05) is 0 Å². The number of H-pyrrole nitrogens is 1. The molecule has 1 N–H and O–H groups in total. The highest BCUT2D eigenvalue weighted by molar-refractivity contribution is 5.59. The van der Waals surface area contributed by atoms with Crippen LogP contribution in [-0.4, -0.2) is 4.98 Å². The van der Waals surface area contributed by atoms with Gasteiger partial charge in [-0.3, -0.25) is 4.79 Å². The third kappa shape index (κ3) is 2.64. The van der Waals surface area contributed by atoms with Crippen LogP contribution < -0.4 is 5.43 Å². The molecule has 0 aliphatic rings. The molecule has 0 saturated heterocycles. The van der Waals surface area contributed by atoms with Gasteiger partial charge in [0.2, 0.25) is 0 Å². The Kier molecular flexibility index (Phi) is 2.88. The SMILES string of the molecule is CC(C)(C)c1ccc(-c2cc(=O)cc[nH]2)cc1. The minimum Gasteiger partial charge on any atom is -0.361 e. The molecule has 0 spiro atoms. The van der Waals surface area contributed by atoms with Crippen molar-refractivity contribution in [1.29, 1.82) is 0 Å². The predicted molar refractivity (Wildman–Crippen MR) is 71.2 cm³/mol. The van der Waals surface area contributed by atoms with Gasteiger partial charge >= 0.3 is 0 Å². The summed E-state index contributed by atoms with van der Waals surface area (Å²) in [5.41, 5.74) is 3.37. The lowest BCUT2D eigenvalue weighted by Gasteiger charge is -2.19. The van der Waals surface area contributed by atoms with Crippen molar-refractivity contribution < 1.29 is 0 Å². The molecule has 2 rings (SSSR count). The smallest absolute Gasteiger partial charge is 0.182 e. The van der Waals surface area contributed by atoms with E-state index in [1.807, 2.05) is 12.1 Å². The quantitative estimate of drug-likeness (QED) is 0.796. The molecule has 0 atom stereocenters. The van der Waals surface area contributed by atoms with Crippen LogP contribution in [0.2, 0.25) is 0 Å². The maximum Gasteiger partial charge on any atom is 0.182 e. The monoisotopic (exact) mass is 227 g/mol. The van der Waals surface area contributed by atoms with Crippen molar-refractivity contribution >= 4 is 0 Å². The Bertz CT molecular complexity index is 558. The van der Waals surface area contributed by atoms with E-state index in [9.17, 15) is 4.79 Å². The zero-order valence-corrected chi connectivity index (χ0v) is 10.4. The molecule has 0 aliphatic heterocycles. The van der Waals surface area contributed by atoms with Crippen LogP contribution in [0.4, 0.5) is 0 Å². The molecule has 1 aromatic heterocycles. The van der Waals surface area contributed by atoms with Gasteiger partial charge in [-0.1, -0.05) is 45.0 Å². The number of nitrogens with one attached hydrogen (secondary N) is 1. The number of hydrogen-bond donors (Lipinski definition) is 1. The number of benzene rings is 1. The average Bonchev–Trinajstić information content (AvgIpc) is 2.28. The number of aromatic amines is 1. The number of pyridine rings is 1. The van der Waals surface area contributed by atoms with E-state index in [0.29, 0.717) is 0 Å². The summed E-state index contributed by atoms with van der Waals surface area (Å²) in [6.45, 7) is 6.56. The van der Waals surface area contributed by atoms with Crippen molar-refractivity contribution in [3.05, 3.63) is 58.4 Å². The van der Waals surface area contributed by atoms with Crippen LogP contribution in [0.5, 0.6) is 0 Å².